The Morgan fingerprint density at radius 3 is 1.49 bits per heavy atom. The van der Waals surface area contributed by atoms with Gasteiger partial charge >= 0.3 is 239 Å². The fourth-order valence-electron chi connectivity index (χ4n) is 6.72. The topological polar surface area (TPSA) is 112 Å². The van der Waals surface area contributed by atoms with E-state index in [9.17, 15) is 0 Å². The van der Waals surface area contributed by atoms with Gasteiger partial charge in [-0.05, 0) is 0 Å². The van der Waals surface area contributed by atoms with Gasteiger partial charge in [0.05, 0.1) is 0 Å². The number of benzene rings is 4. The summed E-state index contributed by atoms with van der Waals surface area (Å²) in [6.45, 7) is 6.48. The average molecular weight is 691 g/mol. The van der Waals surface area contributed by atoms with Crippen LogP contribution in [-0.2, 0) is 21.6 Å². The normalized spacial score (nSPS) is 12.2. The zero-order valence-electron chi connectivity index (χ0n) is 27.1. The fraction of sp³-hybridized carbons (Fsp3) is 0.179. The Morgan fingerprint density at radius 1 is 0.510 bits per heavy atom. The number of hydrogen-bond donors (Lipinski definition) is 2. The Hall–Kier alpha value is -5.28. The molecule has 0 atom stereocenters. The molecule has 5 heterocycles. The molecule has 2 aliphatic rings. The van der Waals surface area contributed by atoms with E-state index in [0.29, 0.717) is 40.2 Å². The van der Waals surface area contributed by atoms with Crippen LogP contribution in [0.1, 0.15) is 25.8 Å². The first-order valence-electron chi connectivity index (χ1n) is 16.7. The van der Waals surface area contributed by atoms with Gasteiger partial charge in [0.25, 0.3) is 0 Å². The number of aryl methyl sites for hydroxylation is 1. The Labute approximate surface area is 289 Å². The van der Waals surface area contributed by atoms with Crippen LogP contribution in [0, 0.1) is 0 Å². The van der Waals surface area contributed by atoms with Crippen LogP contribution < -0.4 is 0 Å². The molecule has 0 saturated carbocycles. The summed E-state index contributed by atoms with van der Waals surface area (Å²) < 4.78 is 2.39. The minimum atomic E-state index is 0.603. The number of rotatable bonds is 7. The molecule has 2 aliphatic heterocycles. The SMILES string of the molecule is CC[N](CC)[Cu][CH2]CCc1cccc2c3nc4nc(nc5[nH]c(nc6nc(nc([nH]3)c12)-c1ccccc1-6)c1ccccc51)-c1ccccc1-4. The third-order valence-corrected chi connectivity index (χ3v) is 10.6. The van der Waals surface area contributed by atoms with Crippen molar-refractivity contribution in [2.45, 2.75) is 32.0 Å². The number of aromatic nitrogens is 8. The number of nitrogens with zero attached hydrogens (tertiary/aromatic N) is 7. The van der Waals surface area contributed by atoms with Crippen molar-refractivity contribution in [3.8, 4) is 45.6 Å². The van der Waals surface area contributed by atoms with Crippen LogP contribution in [0.4, 0.5) is 0 Å². The van der Waals surface area contributed by atoms with Gasteiger partial charge in [-0.1, -0.05) is 30.3 Å². The average Bonchev–Trinajstić information content (AvgIpc) is 3.88. The zero-order chi connectivity index (χ0) is 32.9. The summed E-state index contributed by atoms with van der Waals surface area (Å²) >= 11 is 2.02. The summed E-state index contributed by atoms with van der Waals surface area (Å²) in [5.74, 6) is 2.43. The van der Waals surface area contributed by atoms with Gasteiger partial charge in [-0.15, -0.1) is 0 Å². The molecule has 0 radical (unpaired) electrons. The molecule has 3 aromatic heterocycles. The molecular formula is C39H33CuN9. The quantitative estimate of drug-likeness (QED) is 0.127. The predicted molar refractivity (Wildman–Crippen MR) is 192 cm³/mol. The molecule has 10 heteroatoms. The van der Waals surface area contributed by atoms with Crippen LogP contribution in [0.3, 0.4) is 0 Å². The van der Waals surface area contributed by atoms with E-state index in [0.717, 1.165) is 80.7 Å². The Balaban J connectivity index is 1.35. The van der Waals surface area contributed by atoms with Crippen LogP contribution in [0.5, 0.6) is 0 Å². The standard InChI is InChI=1S/C35H23N8.C4H10N.Cu/c1-2-10-19-11-9-18-26-27(19)35-42-33-25-17-8-7-16-24(25)31(40-33)38-29-21-13-4-3-12-20(21)28(36-29)37-30-22-14-5-6-15-23(22)32(39-30)41-34(26)43-35;1-3-5-4-2;/h3-9,11-18H,1-2,10H2,(H2,36,37,38,39,40,41,42,43);3-4H2,1-2H3;/q;-1;+1. The molecular weight excluding hydrogens is 658 g/mol. The zero-order valence-corrected chi connectivity index (χ0v) is 28.1. The van der Waals surface area contributed by atoms with Crippen LogP contribution in [-0.4, -0.2) is 56.9 Å². The number of aromatic amines is 2. The van der Waals surface area contributed by atoms with Crippen LogP contribution in [0.15, 0.2) is 91.0 Å². The number of fused-ring (bicyclic) bond motifs is 20. The molecule has 2 N–H and O–H groups in total. The molecule has 0 aliphatic carbocycles. The minimum absolute atomic E-state index is 0.603. The van der Waals surface area contributed by atoms with E-state index in [1.807, 2.05) is 57.6 Å². The van der Waals surface area contributed by atoms with E-state index in [1.165, 1.54) is 5.56 Å². The monoisotopic (exact) mass is 690 g/mol. The fourth-order valence-corrected chi connectivity index (χ4v) is 7.75. The van der Waals surface area contributed by atoms with Crippen molar-refractivity contribution in [1.29, 1.82) is 0 Å². The maximum atomic E-state index is 5.24. The van der Waals surface area contributed by atoms with E-state index in [2.05, 4.69) is 76.3 Å². The molecule has 9 nitrogen and oxygen atoms in total. The van der Waals surface area contributed by atoms with Gasteiger partial charge in [0.1, 0.15) is 5.65 Å². The first kappa shape index (κ1) is 29.8. The summed E-state index contributed by atoms with van der Waals surface area (Å²) in [5.41, 5.74) is 7.79. The molecule has 0 unspecified atom stereocenters. The summed E-state index contributed by atoms with van der Waals surface area (Å²) in [7, 11) is 0. The van der Waals surface area contributed by atoms with Crippen LogP contribution in [0.25, 0.3) is 89.7 Å². The first-order chi connectivity index (χ1) is 24.2. The van der Waals surface area contributed by atoms with Gasteiger partial charge < -0.3 is 4.98 Å². The van der Waals surface area contributed by atoms with E-state index < -0.39 is 0 Å². The van der Waals surface area contributed by atoms with Gasteiger partial charge in [0.2, 0.25) is 0 Å². The van der Waals surface area contributed by atoms with E-state index in [-0.39, 0.29) is 0 Å². The maximum absolute atomic E-state index is 5.24. The molecule has 0 amide bonds. The van der Waals surface area contributed by atoms with Crippen LogP contribution in [0.2, 0.25) is 5.32 Å². The van der Waals surface area contributed by atoms with Crippen molar-refractivity contribution < 1.29 is 15.2 Å². The predicted octanol–water partition coefficient (Wildman–Crippen LogP) is 8.56. The molecule has 4 aromatic carbocycles. The van der Waals surface area contributed by atoms with Crippen molar-refractivity contribution in [3.63, 3.8) is 0 Å². The summed E-state index contributed by atoms with van der Waals surface area (Å²) in [5, 5.41) is 5.02. The van der Waals surface area contributed by atoms with E-state index in [4.69, 9.17) is 29.9 Å². The van der Waals surface area contributed by atoms with Gasteiger partial charge in [-0.25, -0.2) is 0 Å². The molecule has 0 fully saturated rings. The summed E-state index contributed by atoms with van der Waals surface area (Å²) in [6.07, 6.45) is 1.96. The van der Waals surface area contributed by atoms with Gasteiger partial charge in [-0.3, -0.25) is 0 Å². The third kappa shape index (κ3) is 5.20. The second-order valence-corrected chi connectivity index (χ2v) is 13.3. The molecule has 49 heavy (non-hydrogen) atoms. The summed E-state index contributed by atoms with van der Waals surface area (Å²) in [6, 6.07) is 30.9. The molecule has 8 bridgehead atoms. The second kappa shape index (κ2) is 12.3. The van der Waals surface area contributed by atoms with Crippen molar-refractivity contribution in [2.24, 2.45) is 0 Å². The van der Waals surface area contributed by atoms with Gasteiger partial charge in [0, 0.05) is 10.8 Å². The molecule has 0 saturated heterocycles. The van der Waals surface area contributed by atoms with E-state index in [1.54, 1.807) is 0 Å². The third-order valence-electron chi connectivity index (χ3n) is 9.06. The van der Waals surface area contributed by atoms with Crippen molar-refractivity contribution >= 4 is 44.1 Å². The van der Waals surface area contributed by atoms with Crippen LogP contribution >= 0.6 is 0 Å². The summed E-state index contributed by atoms with van der Waals surface area (Å²) in [4.78, 5) is 37.8. The molecule has 245 valence electrons. The number of hydrogen-bond acceptors (Lipinski definition) is 7. The van der Waals surface area contributed by atoms with Gasteiger partial charge in [0.15, 0.2) is 0 Å². The Bertz CT molecular complexity index is 2560. The number of H-pyrrole nitrogens is 2. The van der Waals surface area contributed by atoms with Gasteiger partial charge in [-0.2, -0.15) is 0 Å². The van der Waals surface area contributed by atoms with Crippen molar-refractivity contribution in [1.82, 2.24) is 43.8 Å². The van der Waals surface area contributed by atoms with Crippen molar-refractivity contribution in [2.75, 3.05) is 13.1 Å². The first-order valence-corrected chi connectivity index (χ1v) is 17.7. The second-order valence-electron chi connectivity index (χ2n) is 12.0. The molecule has 0 spiro atoms. The molecule has 9 rings (SSSR count). The Kier molecular flexibility index (Phi) is 7.49. The Morgan fingerprint density at radius 2 is 0.959 bits per heavy atom. The van der Waals surface area contributed by atoms with Crippen molar-refractivity contribution in [3.05, 3.63) is 96.6 Å². The molecule has 7 aromatic rings. The van der Waals surface area contributed by atoms with E-state index >= 15 is 0 Å². The number of nitrogens with one attached hydrogen (secondary N) is 2.